The summed E-state index contributed by atoms with van der Waals surface area (Å²) in [5.41, 5.74) is 2.69. The van der Waals surface area contributed by atoms with Crippen molar-refractivity contribution in [3.8, 4) is 17.4 Å². The minimum absolute atomic E-state index is 0.157. The highest BCUT2D eigenvalue weighted by atomic mass is 19.4. The van der Waals surface area contributed by atoms with Crippen LogP contribution in [0.25, 0.3) is 22.3 Å². The smallest absolute Gasteiger partial charge is 0.418 e. The van der Waals surface area contributed by atoms with E-state index in [0.29, 0.717) is 0 Å². The van der Waals surface area contributed by atoms with Crippen LogP contribution in [-0.4, -0.2) is 34.1 Å². The molecule has 0 saturated carbocycles. The van der Waals surface area contributed by atoms with Crippen LogP contribution >= 0.6 is 0 Å². The molecule has 3 N–H and O–H groups in total. The Morgan fingerprint density at radius 1 is 1.15 bits per heavy atom. The zero-order valence-electron chi connectivity index (χ0n) is 14.4. The quantitative estimate of drug-likeness (QED) is 0.671. The maximum Gasteiger partial charge on any atom is 0.418 e. The lowest BCUT2D eigenvalue weighted by atomic mass is 10.0. The number of ether oxygens (including phenoxy) is 1. The molecule has 0 saturated heterocycles. The largest absolute Gasteiger partial charge is 0.467 e. The number of aryl methyl sites for hydroxylation is 1. The van der Waals surface area contributed by atoms with Crippen molar-refractivity contribution < 1.29 is 22.3 Å². The van der Waals surface area contributed by atoms with Crippen molar-refractivity contribution in [1.82, 2.24) is 19.9 Å². The van der Waals surface area contributed by atoms with Crippen LogP contribution in [0.3, 0.4) is 0 Å². The number of hydrogen-bond acceptors (Lipinski definition) is 7. The number of rotatable bonds is 3. The summed E-state index contributed by atoms with van der Waals surface area (Å²) in [6.07, 6.45) is -3.61. The molecule has 3 rings (SSSR count). The first-order valence-electron chi connectivity index (χ1n) is 7.60. The number of anilines is 2. The number of alkyl halides is 3. The van der Waals surface area contributed by atoms with E-state index >= 15 is 4.39 Å². The monoisotopic (exact) mass is 382 g/mol. The van der Waals surface area contributed by atoms with Gasteiger partial charge < -0.3 is 15.8 Å². The fourth-order valence-corrected chi connectivity index (χ4v) is 2.71. The van der Waals surface area contributed by atoms with E-state index in [-0.39, 0.29) is 34.1 Å². The second-order valence-corrected chi connectivity index (χ2v) is 5.58. The third-order valence-corrected chi connectivity index (χ3v) is 3.83. The number of aromatic nitrogens is 4. The molecule has 0 atom stereocenters. The maximum absolute atomic E-state index is 15.1. The van der Waals surface area contributed by atoms with Crippen LogP contribution in [0.15, 0.2) is 12.3 Å². The Morgan fingerprint density at radius 2 is 1.85 bits per heavy atom. The summed E-state index contributed by atoms with van der Waals surface area (Å²) in [6.45, 7) is 1.22. The van der Waals surface area contributed by atoms with Crippen molar-refractivity contribution >= 4 is 22.5 Å². The van der Waals surface area contributed by atoms with E-state index in [1.165, 1.54) is 27.3 Å². The molecule has 0 radical (unpaired) electrons. The number of nitrogens with two attached hydrogens (primary N) is 1. The minimum atomic E-state index is -4.78. The molecular formula is C16H14F4N6O. The van der Waals surface area contributed by atoms with Gasteiger partial charge in [0.1, 0.15) is 28.5 Å². The first-order valence-corrected chi connectivity index (χ1v) is 7.60. The summed E-state index contributed by atoms with van der Waals surface area (Å²) in [7, 11) is 2.82. The molecule has 0 fully saturated rings. The standard InChI is InChI=1S/C16H14F4N6O/c1-6-4-8(21)24-12(9(6)16(18,19)20)13-10(17)11-7(5-23-13)14(22-2)26-15(25-11)27-3/h4-5H,1-3H3,(H2,21,24)(H,22,25,26). The molecule has 0 aromatic carbocycles. The van der Waals surface area contributed by atoms with Gasteiger partial charge in [-0.3, -0.25) is 4.98 Å². The SMILES string of the molecule is CNc1nc(OC)nc2c(F)c(-c3nc(N)cc(C)c3C(F)(F)F)ncc12. The number of hydrogen-bond donors (Lipinski definition) is 2. The fraction of sp³-hybridized carbons (Fsp3) is 0.250. The molecular weight excluding hydrogens is 368 g/mol. The van der Waals surface area contributed by atoms with Crippen LogP contribution in [0.2, 0.25) is 0 Å². The highest BCUT2D eigenvalue weighted by Crippen LogP contribution is 2.40. The fourth-order valence-electron chi connectivity index (χ4n) is 2.71. The van der Waals surface area contributed by atoms with Crippen LogP contribution in [0.1, 0.15) is 11.1 Å². The van der Waals surface area contributed by atoms with Gasteiger partial charge in [-0.15, -0.1) is 0 Å². The first kappa shape index (κ1) is 18.5. The van der Waals surface area contributed by atoms with Crippen LogP contribution < -0.4 is 15.8 Å². The van der Waals surface area contributed by atoms with Gasteiger partial charge in [0.05, 0.1) is 18.1 Å². The molecule has 0 aliphatic heterocycles. The lowest BCUT2D eigenvalue weighted by molar-refractivity contribution is -0.137. The van der Waals surface area contributed by atoms with E-state index in [0.717, 1.165) is 6.07 Å². The number of nitrogens with zero attached hydrogens (tertiary/aromatic N) is 4. The van der Waals surface area contributed by atoms with Crippen molar-refractivity contribution in [3.63, 3.8) is 0 Å². The Bertz CT molecular complexity index is 1040. The molecule has 0 spiro atoms. The van der Waals surface area contributed by atoms with Crippen molar-refractivity contribution in [2.75, 3.05) is 25.2 Å². The van der Waals surface area contributed by atoms with E-state index in [1.54, 1.807) is 0 Å². The van der Waals surface area contributed by atoms with Gasteiger partial charge in [0.15, 0.2) is 5.82 Å². The zero-order chi connectivity index (χ0) is 19.9. The molecule has 142 valence electrons. The Kier molecular flexibility index (Phi) is 4.46. The maximum atomic E-state index is 15.1. The number of nitrogens with one attached hydrogen (secondary N) is 1. The van der Waals surface area contributed by atoms with Crippen LogP contribution in [0, 0.1) is 12.7 Å². The van der Waals surface area contributed by atoms with Crippen molar-refractivity contribution in [3.05, 3.63) is 29.2 Å². The highest BCUT2D eigenvalue weighted by molar-refractivity contribution is 5.91. The molecule has 3 aromatic heterocycles. The van der Waals surface area contributed by atoms with Gasteiger partial charge in [0, 0.05) is 13.2 Å². The molecule has 7 nitrogen and oxygen atoms in total. The predicted molar refractivity (Wildman–Crippen MR) is 90.8 cm³/mol. The Balaban J connectivity index is 2.39. The van der Waals surface area contributed by atoms with Crippen molar-refractivity contribution in [2.24, 2.45) is 0 Å². The minimum Gasteiger partial charge on any atom is -0.467 e. The van der Waals surface area contributed by atoms with E-state index < -0.39 is 28.9 Å². The first-order chi connectivity index (χ1) is 12.7. The molecule has 27 heavy (non-hydrogen) atoms. The molecule has 0 aliphatic carbocycles. The molecule has 3 heterocycles. The summed E-state index contributed by atoms with van der Waals surface area (Å²) >= 11 is 0. The second kappa shape index (κ2) is 6.49. The lowest BCUT2D eigenvalue weighted by Crippen LogP contribution is -2.13. The van der Waals surface area contributed by atoms with Gasteiger partial charge in [-0.25, -0.2) is 9.37 Å². The summed E-state index contributed by atoms with van der Waals surface area (Å²) in [5.74, 6) is -1.07. The number of pyridine rings is 2. The normalized spacial score (nSPS) is 11.7. The summed E-state index contributed by atoms with van der Waals surface area (Å²) in [4.78, 5) is 15.4. The van der Waals surface area contributed by atoms with Gasteiger partial charge in [-0.2, -0.15) is 23.1 Å². The molecule has 0 amide bonds. The number of halogens is 4. The number of nitrogen functional groups attached to an aromatic ring is 1. The van der Waals surface area contributed by atoms with Gasteiger partial charge in [0.25, 0.3) is 0 Å². The van der Waals surface area contributed by atoms with Crippen LogP contribution in [0.4, 0.5) is 29.2 Å². The zero-order valence-corrected chi connectivity index (χ0v) is 14.4. The summed E-state index contributed by atoms with van der Waals surface area (Å²) in [5, 5.41) is 2.91. The lowest BCUT2D eigenvalue weighted by Gasteiger charge is -2.16. The van der Waals surface area contributed by atoms with E-state index in [1.807, 2.05) is 0 Å². The topological polar surface area (TPSA) is 98.8 Å². The summed E-state index contributed by atoms with van der Waals surface area (Å²) < 4.78 is 60.6. The van der Waals surface area contributed by atoms with E-state index in [4.69, 9.17) is 10.5 Å². The van der Waals surface area contributed by atoms with Crippen LogP contribution in [0.5, 0.6) is 6.01 Å². The molecule has 0 unspecified atom stereocenters. The third-order valence-electron chi connectivity index (χ3n) is 3.83. The van der Waals surface area contributed by atoms with Gasteiger partial charge in [-0.05, 0) is 18.6 Å². The molecule has 0 aliphatic rings. The van der Waals surface area contributed by atoms with Gasteiger partial charge in [0.2, 0.25) is 0 Å². The Hall–Kier alpha value is -3.24. The number of methoxy groups -OCH3 is 1. The average Bonchev–Trinajstić information content (AvgIpc) is 2.59. The Morgan fingerprint density at radius 3 is 2.44 bits per heavy atom. The van der Waals surface area contributed by atoms with E-state index in [9.17, 15) is 13.2 Å². The number of fused-ring (bicyclic) bond motifs is 1. The van der Waals surface area contributed by atoms with Crippen LogP contribution in [-0.2, 0) is 6.18 Å². The second-order valence-electron chi connectivity index (χ2n) is 5.58. The summed E-state index contributed by atoms with van der Waals surface area (Å²) in [6, 6.07) is 0.908. The van der Waals surface area contributed by atoms with Gasteiger partial charge in [-0.1, -0.05) is 0 Å². The van der Waals surface area contributed by atoms with E-state index in [2.05, 4.69) is 25.3 Å². The molecule has 3 aromatic rings. The van der Waals surface area contributed by atoms with Crippen molar-refractivity contribution in [2.45, 2.75) is 13.1 Å². The Labute approximate surface area is 150 Å². The molecule has 11 heteroatoms. The van der Waals surface area contributed by atoms with Gasteiger partial charge >= 0.3 is 12.2 Å². The highest BCUT2D eigenvalue weighted by Gasteiger charge is 2.38. The predicted octanol–water partition coefficient (Wildman–Crippen LogP) is 3.19. The molecule has 0 bridgehead atoms. The average molecular weight is 382 g/mol. The van der Waals surface area contributed by atoms with Crippen molar-refractivity contribution in [1.29, 1.82) is 0 Å². The third kappa shape index (κ3) is 3.15.